The molecule has 0 saturated carbocycles. The molecule has 0 bridgehead atoms. The number of ether oxygens (including phenoxy) is 2. The highest BCUT2D eigenvalue weighted by atomic mass is 35.5. The minimum absolute atomic E-state index is 0.124. The first-order valence-corrected chi connectivity index (χ1v) is 13.6. The fourth-order valence-corrected chi connectivity index (χ4v) is 5.56. The van der Waals surface area contributed by atoms with Gasteiger partial charge in [0.1, 0.15) is 18.1 Å². The van der Waals surface area contributed by atoms with Crippen molar-refractivity contribution in [1.29, 1.82) is 0 Å². The summed E-state index contributed by atoms with van der Waals surface area (Å²) in [4.78, 5) is 13.0. The molecule has 1 amide bonds. The second kappa shape index (κ2) is 11.2. The maximum atomic E-state index is 13.5. The van der Waals surface area contributed by atoms with Gasteiger partial charge < -0.3 is 14.8 Å². The zero-order valence-electron chi connectivity index (χ0n) is 20.2. The number of carbonyl (C=O) groups excluding carboxylic acids is 1. The number of hydrogen-bond donors (Lipinski definition) is 1. The third kappa shape index (κ3) is 5.94. The zero-order valence-corrected chi connectivity index (χ0v) is 21.8. The number of benzene rings is 3. The summed E-state index contributed by atoms with van der Waals surface area (Å²) < 4.78 is 39.8. The van der Waals surface area contributed by atoms with Crippen molar-refractivity contribution in [2.24, 2.45) is 0 Å². The van der Waals surface area contributed by atoms with E-state index < -0.39 is 22.0 Å². The Kier molecular flexibility index (Phi) is 8.06. The van der Waals surface area contributed by atoms with Crippen molar-refractivity contribution >= 4 is 33.2 Å². The molecule has 1 N–H and O–H groups in total. The number of amides is 1. The molecular weight excluding hydrogens is 500 g/mol. The van der Waals surface area contributed by atoms with Gasteiger partial charge in [0, 0.05) is 5.02 Å². The van der Waals surface area contributed by atoms with Crippen LogP contribution in [0.5, 0.6) is 11.5 Å². The molecule has 0 aromatic heterocycles. The SMILES string of the molecule is CCCc1ccc(OCCNC(=O)C2CN(S(=O)(=O)c3ccc(C)cc3)c3cc(Cl)ccc3O2)cc1. The predicted octanol–water partition coefficient (Wildman–Crippen LogP) is 4.75. The molecule has 1 heterocycles. The number of anilines is 1. The molecule has 9 heteroatoms. The Hall–Kier alpha value is -3.23. The van der Waals surface area contributed by atoms with Gasteiger partial charge in [0.15, 0.2) is 6.10 Å². The van der Waals surface area contributed by atoms with Gasteiger partial charge in [-0.15, -0.1) is 0 Å². The number of halogens is 1. The molecule has 1 aliphatic rings. The van der Waals surface area contributed by atoms with Crippen molar-refractivity contribution in [2.45, 2.75) is 37.7 Å². The summed E-state index contributed by atoms with van der Waals surface area (Å²) in [6.45, 7) is 4.34. The molecule has 1 aliphatic heterocycles. The lowest BCUT2D eigenvalue weighted by Gasteiger charge is -2.34. The van der Waals surface area contributed by atoms with E-state index in [4.69, 9.17) is 21.1 Å². The minimum atomic E-state index is -3.95. The number of sulfonamides is 1. The van der Waals surface area contributed by atoms with Gasteiger partial charge in [0.2, 0.25) is 0 Å². The number of nitrogens with zero attached hydrogens (tertiary/aromatic N) is 1. The lowest BCUT2D eigenvalue weighted by Crippen LogP contribution is -2.51. The Bertz CT molecular complexity index is 1310. The highest BCUT2D eigenvalue weighted by Gasteiger charge is 2.37. The zero-order chi connectivity index (χ0) is 25.7. The van der Waals surface area contributed by atoms with Crippen molar-refractivity contribution in [3.63, 3.8) is 0 Å². The number of fused-ring (bicyclic) bond motifs is 1. The molecule has 3 aromatic rings. The largest absolute Gasteiger partial charge is 0.492 e. The monoisotopic (exact) mass is 528 g/mol. The van der Waals surface area contributed by atoms with E-state index in [1.807, 2.05) is 31.2 Å². The predicted molar refractivity (Wildman–Crippen MR) is 141 cm³/mol. The van der Waals surface area contributed by atoms with Gasteiger partial charge in [-0.3, -0.25) is 9.10 Å². The molecule has 7 nitrogen and oxygen atoms in total. The van der Waals surface area contributed by atoms with Gasteiger partial charge >= 0.3 is 0 Å². The Balaban J connectivity index is 1.43. The van der Waals surface area contributed by atoms with E-state index >= 15 is 0 Å². The van der Waals surface area contributed by atoms with Crippen LogP contribution in [0.15, 0.2) is 71.6 Å². The highest BCUT2D eigenvalue weighted by molar-refractivity contribution is 7.92. The van der Waals surface area contributed by atoms with E-state index in [9.17, 15) is 13.2 Å². The van der Waals surface area contributed by atoms with Gasteiger partial charge in [0.05, 0.1) is 23.7 Å². The van der Waals surface area contributed by atoms with Crippen molar-refractivity contribution in [3.8, 4) is 11.5 Å². The van der Waals surface area contributed by atoms with E-state index in [1.54, 1.807) is 36.4 Å². The summed E-state index contributed by atoms with van der Waals surface area (Å²) in [5.41, 5.74) is 2.48. The number of nitrogens with one attached hydrogen (secondary N) is 1. The summed E-state index contributed by atoms with van der Waals surface area (Å²) in [6, 6.07) is 19.1. The van der Waals surface area contributed by atoms with Crippen LogP contribution in [0.25, 0.3) is 0 Å². The molecule has 3 aromatic carbocycles. The van der Waals surface area contributed by atoms with Crippen LogP contribution < -0.4 is 19.1 Å². The summed E-state index contributed by atoms with van der Waals surface area (Å²) >= 11 is 6.15. The molecule has 1 atom stereocenters. The summed E-state index contributed by atoms with van der Waals surface area (Å²) in [6.07, 6.45) is 1.06. The Morgan fingerprint density at radius 1 is 1.11 bits per heavy atom. The van der Waals surface area contributed by atoms with Crippen LogP contribution in [0, 0.1) is 6.92 Å². The Morgan fingerprint density at radius 3 is 2.53 bits per heavy atom. The summed E-state index contributed by atoms with van der Waals surface area (Å²) in [5, 5.41) is 3.14. The quantitative estimate of drug-likeness (QED) is 0.405. The third-order valence-corrected chi connectivity index (χ3v) is 7.85. The molecule has 4 rings (SSSR count). The fraction of sp³-hybridized carbons (Fsp3) is 0.296. The molecular formula is C27H29ClN2O5S. The van der Waals surface area contributed by atoms with Crippen LogP contribution in [0.2, 0.25) is 5.02 Å². The van der Waals surface area contributed by atoms with Crippen LogP contribution in [0.1, 0.15) is 24.5 Å². The molecule has 0 radical (unpaired) electrons. The Labute approximate surface area is 217 Å². The van der Waals surface area contributed by atoms with Crippen LogP contribution >= 0.6 is 11.6 Å². The average molecular weight is 529 g/mol. The molecule has 190 valence electrons. The topological polar surface area (TPSA) is 84.9 Å². The highest BCUT2D eigenvalue weighted by Crippen LogP contribution is 2.38. The molecule has 1 unspecified atom stereocenters. The number of hydrogen-bond acceptors (Lipinski definition) is 5. The van der Waals surface area contributed by atoms with Crippen LogP contribution in [0.4, 0.5) is 5.69 Å². The maximum Gasteiger partial charge on any atom is 0.264 e. The van der Waals surface area contributed by atoms with E-state index in [1.165, 1.54) is 15.9 Å². The lowest BCUT2D eigenvalue weighted by atomic mass is 10.1. The van der Waals surface area contributed by atoms with Crippen molar-refractivity contribution < 1.29 is 22.7 Å². The first-order valence-electron chi connectivity index (χ1n) is 11.8. The summed E-state index contributed by atoms with van der Waals surface area (Å²) in [7, 11) is -3.95. The molecule has 0 fully saturated rings. The van der Waals surface area contributed by atoms with Gasteiger partial charge in [-0.1, -0.05) is 54.8 Å². The van der Waals surface area contributed by atoms with Gasteiger partial charge in [-0.2, -0.15) is 0 Å². The van der Waals surface area contributed by atoms with Gasteiger partial charge in [-0.05, 0) is 61.4 Å². The molecule has 0 aliphatic carbocycles. The van der Waals surface area contributed by atoms with E-state index in [0.29, 0.717) is 10.7 Å². The summed E-state index contributed by atoms with van der Waals surface area (Å²) in [5.74, 6) is 0.561. The number of aryl methyl sites for hydroxylation is 2. The van der Waals surface area contributed by atoms with E-state index in [2.05, 4.69) is 12.2 Å². The van der Waals surface area contributed by atoms with E-state index in [0.717, 1.165) is 24.2 Å². The molecule has 36 heavy (non-hydrogen) atoms. The minimum Gasteiger partial charge on any atom is -0.492 e. The van der Waals surface area contributed by atoms with E-state index in [-0.39, 0.29) is 30.3 Å². The standard InChI is InChI=1S/C27H29ClN2O5S/c1-3-4-20-7-10-22(11-8-20)34-16-15-29-27(31)26-18-30(24-17-21(28)9-14-25(24)35-26)36(32,33)23-12-5-19(2)6-13-23/h5-14,17,26H,3-4,15-16,18H2,1-2H3,(H,29,31). The normalized spacial score (nSPS) is 15.1. The third-order valence-electron chi connectivity index (χ3n) is 5.82. The average Bonchev–Trinajstić information content (AvgIpc) is 2.87. The van der Waals surface area contributed by atoms with Crippen molar-refractivity contribution in [3.05, 3.63) is 82.9 Å². The van der Waals surface area contributed by atoms with Crippen LogP contribution in [-0.2, 0) is 21.2 Å². The fourth-order valence-electron chi connectivity index (χ4n) is 3.92. The first kappa shape index (κ1) is 25.9. The molecule has 0 saturated heterocycles. The smallest absolute Gasteiger partial charge is 0.264 e. The van der Waals surface area contributed by atoms with Crippen LogP contribution in [-0.4, -0.2) is 40.1 Å². The van der Waals surface area contributed by atoms with Crippen molar-refractivity contribution in [2.75, 3.05) is 24.0 Å². The first-order chi connectivity index (χ1) is 17.3. The second-order valence-electron chi connectivity index (χ2n) is 8.60. The number of carbonyl (C=O) groups is 1. The number of rotatable bonds is 9. The van der Waals surface area contributed by atoms with Gasteiger partial charge in [0.25, 0.3) is 15.9 Å². The Morgan fingerprint density at radius 2 is 1.83 bits per heavy atom. The maximum absolute atomic E-state index is 13.5. The van der Waals surface area contributed by atoms with Crippen LogP contribution in [0.3, 0.4) is 0 Å². The van der Waals surface area contributed by atoms with Crippen molar-refractivity contribution in [1.82, 2.24) is 5.32 Å². The van der Waals surface area contributed by atoms with Gasteiger partial charge in [-0.25, -0.2) is 8.42 Å². The second-order valence-corrected chi connectivity index (χ2v) is 10.9. The lowest BCUT2D eigenvalue weighted by molar-refractivity contribution is -0.127. The molecule has 0 spiro atoms.